The van der Waals surface area contributed by atoms with Crippen LogP contribution in [-0.4, -0.2) is 48.7 Å². The van der Waals surface area contributed by atoms with Gasteiger partial charge in [0.05, 0.1) is 13.0 Å². The summed E-state index contributed by atoms with van der Waals surface area (Å²) in [4.78, 5) is 13.3. The minimum absolute atomic E-state index is 0.00309. The summed E-state index contributed by atoms with van der Waals surface area (Å²) in [6.07, 6.45) is -3.73. The van der Waals surface area contributed by atoms with E-state index < -0.39 is 12.8 Å². The fourth-order valence-corrected chi connectivity index (χ4v) is 1.51. The number of amides is 1. The van der Waals surface area contributed by atoms with Gasteiger partial charge >= 0.3 is 6.18 Å². The summed E-state index contributed by atoms with van der Waals surface area (Å²) in [5.41, 5.74) is 0. The Morgan fingerprint density at radius 2 is 2.00 bits per heavy atom. The average Bonchev–Trinajstić information content (AvgIpc) is 2.23. The minimum Gasteiger partial charge on any atom is -0.372 e. The monoisotopic (exact) mass is 289 g/mol. The molecular formula is C11H19ClF3NO2. The fraction of sp³-hybridized carbons (Fsp3) is 0.909. The highest BCUT2D eigenvalue weighted by atomic mass is 35.5. The van der Waals surface area contributed by atoms with Crippen molar-refractivity contribution in [2.45, 2.75) is 38.9 Å². The lowest BCUT2D eigenvalue weighted by Crippen LogP contribution is -2.38. The van der Waals surface area contributed by atoms with Crippen LogP contribution in [0.5, 0.6) is 0 Å². The normalized spacial score (nSPS) is 11.9. The van der Waals surface area contributed by atoms with E-state index in [1.54, 1.807) is 4.90 Å². The van der Waals surface area contributed by atoms with E-state index in [-0.39, 0.29) is 25.0 Å². The summed E-state index contributed by atoms with van der Waals surface area (Å²) in [5, 5.41) is 0. The van der Waals surface area contributed by atoms with E-state index in [0.29, 0.717) is 18.8 Å². The Balaban J connectivity index is 3.96. The Bertz CT molecular complexity index is 247. The van der Waals surface area contributed by atoms with Gasteiger partial charge in [-0.3, -0.25) is 4.79 Å². The summed E-state index contributed by atoms with van der Waals surface area (Å²) in [7, 11) is 0. The number of nitrogens with zero attached hydrogens (tertiary/aromatic N) is 1. The molecule has 0 aliphatic rings. The molecule has 0 aliphatic carbocycles. The van der Waals surface area contributed by atoms with Crippen molar-refractivity contribution in [3.63, 3.8) is 0 Å². The van der Waals surface area contributed by atoms with Gasteiger partial charge in [-0.2, -0.15) is 13.2 Å². The lowest BCUT2D eigenvalue weighted by atomic mass is 10.2. The molecule has 0 saturated heterocycles. The summed E-state index contributed by atoms with van der Waals surface area (Å²) in [5.74, 6) is 0.235. The van der Waals surface area contributed by atoms with Gasteiger partial charge in [-0.25, -0.2) is 0 Å². The second kappa shape index (κ2) is 8.58. The molecule has 0 bridgehead atoms. The third-order valence-electron chi connectivity index (χ3n) is 2.20. The number of carbonyl (C=O) groups is 1. The van der Waals surface area contributed by atoms with E-state index in [1.165, 1.54) is 0 Å². The molecule has 108 valence electrons. The lowest BCUT2D eigenvalue weighted by Gasteiger charge is -2.26. The molecule has 0 aromatic rings. The van der Waals surface area contributed by atoms with Crippen LogP contribution in [0.1, 0.15) is 26.7 Å². The first-order valence-corrected chi connectivity index (χ1v) is 6.31. The smallest absolute Gasteiger partial charge is 0.372 e. The van der Waals surface area contributed by atoms with E-state index >= 15 is 0 Å². The van der Waals surface area contributed by atoms with E-state index in [0.717, 1.165) is 0 Å². The van der Waals surface area contributed by atoms with Gasteiger partial charge in [0.25, 0.3) is 0 Å². The Labute approximate surface area is 110 Å². The molecule has 0 aromatic heterocycles. The average molecular weight is 290 g/mol. The highest BCUT2D eigenvalue weighted by Crippen LogP contribution is 2.14. The Kier molecular flexibility index (Phi) is 8.35. The lowest BCUT2D eigenvalue weighted by molar-refractivity contribution is -0.175. The number of carbonyl (C=O) groups excluding carboxylic acids is 1. The summed E-state index contributed by atoms with van der Waals surface area (Å²) < 4.78 is 39.8. The van der Waals surface area contributed by atoms with Gasteiger partial charge in [-0.05, 0) is 20.3 Å². The Hall–Kier alpha value is -0.490. The molecule has 0 rings (SSSR count). The van der Waals surface area contributed by atoms with Crippen LogP contribution in [0.4, 0.5) is 13.2 Å². The molecule has 0 heterocycles. The molecule has 0 fully saturated rings. The quantitative estimate of drug-likeness (QED) is 0.508. The molecule has 18 heavy (non-hydrogen) atoms. The molecule has 0 N–H and O–H groups in total. The maximum Gasteiger partial charge on any atom is 0.411 e. The highest BCUT2D eigenvalue weighted by molar-refractivity contribution is 6.17. The van der Waals surface area contributed by atoms with Crippen LogP contribution >= 0.6 is 11.6 Å². The highest BCUT2D eigenvalue weighted by Gasteiger charge is 2.27. The van der Waals surface area contributed by atoms with Crippen LogP contribution in [0, 0.1) is 0 Å². The summed E-state index contributed by atoms with van der Waals surface area (Å²) in [6, 6.07) is 0.00309. The maximum atomic E-state index is 11.8. The molecule has 3 nitrogen and oxygen atoms in total. The number of rotatable bonds is 8. The Morgan fingerprint density at radius 3 is 2.44 bits per heavy atom. The zero-order valence-electron chi connectivity index (χ0n) is 10.6. The molecule has 7 heteroatoms. The van der Waals surface area contributed by atoms with Crippen molar-refractivity contribution in [3.05, 3.63) is 0 Å². The third-order valence-corrected chi connectivity index (χ3v) is 2.47. The molecule has 0 spiro atoms. The molecule has 0 radical (unpaired) electrons. The molecular weight excluding hydrogens is 271 g/mol. The first-order chi connectivity index (χ1) is 8.28. The van der Waals surface area contributed by atoms with Crippen LogP contribution in [0.3, 0.4) is 0 Å². The number of hydrogen-bond donors (Lipinski definition) is 0. The third kappa shape index (κ3) is 8.58. The topological polar surface area (TPSA) is 29.5 Å². The zero-order valence-corrected chi connectivity index (χ0v) is 11.4. The molecule has 0 saturated carbocycles. The first kappa shape index (κ1) is 17.5. The SMILES string of the molecule is CC(C)N(CCCCl)C(=O)CCOCC(F)(F)F. The predicted molar refractivity (Wildman–Crippen MR) is 63.7 cm³/mol. The standard InChI is InChI=1S/C11H19ClF3NO2/c1-9(2)16(6-3-5-12)10(17)4-7-18-8-11(13,14)15/h9H,3-8H2,1-2H3. The van der Waals surface area contributed by atoms with E-state index in [2.05, 4.69) is 4.74 Å². The van der Waals surface area contributed by atoms with Gasteiger partial charge in [-0.1, -0.05) is 0 Å². The van der Waals surface area contributed by atoms with Crippen molar-refractivity contribution in [3.8, 4) is 0 Å². The van der Waals surface area contributed by atoms with Gasteiger partial charge < -0.3 is 9.64 Å². The van der Waals surface area contributed by atoms with Crippen molar-refractivity contribution < 1.29 is 22.7 Å². The fourth-order valence-electron chi connectivity index (χ4n) is 1.39. The van der Waals surface area contributed by atoms with Crippen molar-refractivity contribution in [1.29, 1.82) is 0 Å². The van der Waals surface area contributed by atoms with Gasteiger partial charge in [0.1, 0.15) is 6.61 Å². The number of alkyl halides is 4. The predicted octanol–water partition coefficient (Wildman–Crippen LogP) is 2.82. The zero-order chi connectivity index (χ0) is 14.2. The van der Waals surface area contributed by atoms with Crippen LogP contribution in [0.15, 0.2) is 0 Å². The number of ether oxygens (including phenoxy) is 1. The van der Waals surface area contributed by atoms with E-state index in [1.807, 2.05) is 13.8 Å². The minimum atomic E-state index is -4.35. The largest absolute Gasteiger partial charge is 0.411 e. The van der Waals surface area contributed by atoms with Crippen LogP contribution in [0.25, 0.3) is 0 Å². The van der Waals surface area contributed by atoms with E-state index in [4.69, 9.17) is 11.6 Å². The summed E-state index contributed by atoms with van der Waals surface area (Å²) in [6.45, 7) is 2.68. The number of hydrogen-bond acceptors (Lipinski definition) is 2. The van der Waals surface area contributed by atoms with Crippen LogP contribution in [-0.2, 0) is 9.53 Å². The summed E-state index contributed by atoms with van der Waals surface area (Å²) >= 11 is 5.54. The van der Waals surface area contributed by atoms with Crippen molar-refractivity contribution >= 4 is 17.5 Å². The molecule has 1 amide bonds. The van der Waals surface area contributed by atoms with Gasteiger partial charge in [0, 0.05) is 18.5 Å². The van der Waals surface area contributed by atoms with Gasteiger partial charge in [0.2, 0.25) is 5.91 Å². The van der Waals surface area contributed by atoms with E-state index in [9.17, 15) is 18.0 Å². The maximum absolute atomic E-state index is 11.8. The molecule has 0 aliphatic heterocycles. The second-order valence-corrected chi connectivity index (χ2v) is 4.52. The molecule has 0 aromatic carbocycles. The molecule has 0 unspecified atom stereocenters. The first-order valence-electron chi connectivity index (χ1n) is 5.78. The van der Waals surface area contributed by atoms with Crippen molar-refractivity contribution in [2.24, 2.45) is 0 Å². The van der Waals surface area contributed by atoms with Crippen LogP contribution < -0.4 is 0 Å². The molecule has 0 atom stereocenters. The van der Waals surface area contributed by atoms with Crippen LogP contribution in [0.2, 0.25) is 0 Å². The van der Waals surface area contributed by atoms with Crippen molar-refractivity contribution in [1.82, 2.24) is 4.90 Å². The van der Waals surface area contributed by atoms with Crippen molar-refractivity contribution in [2.75, 3.05) is 25.6 Å². The number of halogens is 4. The van der Waals surface area contributed by atoms with Gasteiger partial charge in [-0.15, -0.1) is 11.6 Å². The Morgan fingerprint density at radius 1 is 1.39 bits per heavy atom. The second-order valence-electron chi connectivity index (χ2n) is 4.14. The van der Waals surface area contributed by atoms with Gasteiger partial charge in [0.15, 0.2) is 0 Å².